The van der Waals surface area contributed by atoms with E-state index >= 15 is 0 Å². The molecule has 1 heterocycles. The molecular formula is C20H15F2N3O. The van der Waals surface area contributed by atoms with Crippen molar-refractivity contribution in [3.05, 3.63) is 77.9 Å². The highest BCUT2D eigenvalue weighted by Crippen LogP contribution is 2.29. The number of nitrogens with two attached hydrogens (primary N) is 1. The number of imidazole rings is 1. The van der Waals surface area contributed by atoms with Gasteiger partial charge in [0.05, 0.1) is 16.7 Å². The first-order chi connectivity index (χ1) is 12.6. The van der Waals surface area contributed by atoms with Gasteiger partial charge in [-0.1, -0.05) is 30.3 Å². The van der Waals surface area contributed by atoms with Crippen molar-refractivity contribution in [2.45, 2.75) is 6.61 Å². The van der Waals surface area contributed by atoms with Crippen LogP contribution in [0.5, 0.6) is 5.75 Å². The molecule has 0 radical (unpaired) electrons. The first kappa shape index (κ1) is 16.1. The third-order valence-corrected chi connectivity index (χ3v) is 4.04. The lowest BCUT2D eigenvalue weighted by Crippen LogP contribution is -1.99. The van der Waals surface area contributed by atoms with Gasteiger partial charge in [0.2, 0.25) is 0 Å². The minimum absolute atomic E-state index is 0.349. The van der Waals surface area contributed by atoms with Crippen LogP contribution in [0.1, 0.15) is 5.56 Å². The normalized spacial score (nSPS) is 11.0. The van der Waals surface area contributed by atoms with Gasteiger partial charge in [-0.3, -0.25) is 0 Å². The van der Waals surface area contributed by atoms with Crippen LogP contribution in [0.4, 0.5) is 14.5 Å². The van der Waals surface area contributed by atoms with Gasteiger partial charge in [0, 0.05) is 17.7 Å². The standard InChI is InChI=1S/C20H15F2N3O/c21-14-9-17-18(10-15(14)22)25-20(24-17)13-6-7-19(16(23)8-13)26-11-12-4-2-1-3-5-12/h1-10H,11,23H2,(H,24,25). The van der Waals surface area contributed by atoms with Gasteiger partial charge in [0.15, 0.2) is 11.6 Å². The lowest BCUT2D eigenvalue weighted by molar-refractivity contribution is 0.308. The van der Waals surface area contributed by atoms with Crippen LogP contribution in [0, 0.1) is 11.6 Å². The third-order valence-electron chi connectivity index (χ3n) is 4.04. The summed E-state index contributed by atoms with van der Waals surface area (Å²) < 4.78 is 32.4. The van der Waals surface area contributed by atoms with Crippen LogP contribution in [0.3, 0.4) is 0 Å². The first-order valence-electron chi connectivity index (χ1n) is 8.01. The molecule has 0 fully saturated rings. The fourth-order valence-electron chi connectivity index (χ4n) is 2.70. The van der Waals surface area contributed by atoms with E-state index < -0.39 is 11.6 Å². The Morgan fingerprint density at radius 3 is 2.50 bits per heavy atom. The topological polar surface area (TPSA) is 63.9 Å². The largest absolute Gasteiger partial charge is 0.487 e. The van der Waals surface area contributed by atoms with E-state index in [0.29, 0.717) is 40.5 Å². The molecule has 1 aromatic heterocycles. The molecule has 0 aliphatic carbocycles. The molecule has 4 aromatic rings. The van der Waals surface area contributed by atoms with E-state index in [9.17, 15) is 8.78 Å². The number of hydrogen-bond donors (Lipinski definition) is 2. The van der Waals surface area contributed by atoms with Gasteiger partial charge in [-0.15, -0.1) is 0 Å². The summed E-state index contributed by atoms with van der Waals surface area (Å²) >= 11 is 0. The summed E-state index contributed by atoms with van der Waals surface area (Å²) in [5.41, 5.74) is 9.04. The highest BCUT2D eigenvalue weighted by Gasteiger charge is 2.11. The number of fused-ring (bicyclic) bond motifs is 1. The molecule has 0 amide bonds. The molecule has 0 saturated carbocycles. The SMILES string of the molecule is Nc1cc(-c2nc3cc(F)c(F)cc3[nH]2)ccc1OCc1ccccc1. The Morgan fingerprint density at radius 2 is 1.73 bits per heavy atom. The zero-order valence-corrected chi connectivity index (χ0v) is 13.7. The molecule has 130 valence electrons. The molecule has 0 aliphatic rings. The number of anilines is 1. The average Bonchev–Trinajstić information content (AvgIpc) is 3.04. The van der Waals surface area contributed by atoms with E-state index in [1.807, 2.05) is 30.3 Å². The van der Waals surface area contributed by atoms with Crippen molar-refractivity contribution in [2.75, 3.05) is 5.73 Å². The van der Waals surface area contributed by atoms with E-state index in [4.69, 9.17) is 10.5 Å². The van der Waals surface area contributed by atoms with Crippen LogP contribution in [-0.2, 0) is 6.61 Å². The summed E-state index contributed by atoms with van der Waals surface area (Å²) in [4.78, 5) is 7.26. The predicted molar refractivity (Wildman–Crippen MR) is 96.6 cm³/mol. The monoisotopic (exact) mass is 351 g/mol. The smallest absolute Gasteiger partial charge is 0.161 e. The van der Waals surface area contributed by atoms with Crippen molar-refractivity contribution in [1.82, 2.24) is 9.97 Å². The minimum atomic E-state index is -0.931. The van der Waals surface area contributed by atoms with E-state index in [1.54, 1.807) is 18.2 Å². The maximum atomic E-state index is 13.3. The zero-order valence-electron chi connectivity index (χ0n) is 13.7. The number of nitrogens with one attached hydrogen (secondary N) is 1. The van der Waals surface area contributed by atoms with Crippen molar-refractivity contribution in [3.63, 3.8) is 0 Å². The summed E-state index contributed by atoms with van der Waals surface area (Å²) in [5.74, 6) is -0.811. The molecule has 3 N–H and O–H groups in total. The molecule has 6 heteroatoms. The number of aromatic amines is 1. The van der Waals surface area contributed by atoms with Gasteiger partial charge in [0.25, 0.3) is 0 Å². The maximum absolute atomic E-state index is 13.3. The van der Waals surface area contributed by atoms with Gasteiger partial charge >= 0.3 is 0 Å². The summed E-state index contributed by atoms with van der Waals surface area (Å²) in [6.45, 7) is 0.410. The summed E-state index contributed by atoms with van der Waals surface area (Å²) in [6.07, 6.45) is 0. The van der Waals surface area contributed by atoms with Crippen molar-refractivity contribution in [2.24, 2.45) is 0 Å². The minimum Gasteiger partial charge on any atom is -0.487 e. The Morgan fingerprint density at radius 1 is 0.962 bits per heavy atom. The Balaban J connectivity index is 1.59. The Labute approximate surface area is 148 Å². The van der Waals surface area contributed by atoms with Gasteiger partial charge < -0.3 is 15.5 Å². The molecule has 0 bridgehead atoms. The van der Waals surface area contributed by atoms with Crippen LogP contribution >= 0.6 is 0 Å². The number of ether oxygens (including phenoxy) is 1. The number of hydrogen-bond acceptors (Lipinski definition) is 3. The number of H-pyrrole nitrogens is 1. The highest BCUT2D eigenvalue weighted by atomic mass is 19.2. The maximum Gasteiger partial charge on any atom is 0.161 e. The second-order valence-electron chi connectivity index (χ2n) is 5.90. The number of rotatable bonds is 4. The lowest BCUT2D eigenvalue weighted by Gasteiger charge is -2.10. The Kier molecular flexibility index (Phi) is 4.01. The van der Waals surface area contributed by atoms with Gasteiger partial charge in [-0.05, 0) is 23.8 Å². The van der Waals surface area contributed by atoms with E-state index in [2.05, 4.69) is 9.97 Å². The van der Waals surface area contributed by atoms with Crippen molar-refractivity contribution < 1.29 is 13.5 Å². The zero-order chi connectivity index (χ0) is 18.1. The average molecular weight is 351 g/mol. The molecule has 4 nitrogen and oxygen atoms in total. The molecule has 0 spiro atoms. The van der Waals surface area contributed by atoms with Gasteiger partial charge in [0.1, 0.15) is 18.2 Å². The summed E-state index contributed by atoms with van der Waals surface area (Å²) in [7, 11) is 0. The molecule has 0 saturated heterocycles. The van der Waals surface area contributed by atoms with E-state index in [0.717, 1.165) is 17.7 Å². The second kappa shape index (κ2) is 6.48. The van der Waals surface area contributed by atoms with Gasteiger partial charge in [-0.2, -0.15) is 0 Å². The van der Waals surface area contributed by atoms with Crippen LogP contribution < -0.4 is 10.5 Å². The number of nitrogen functional groups attached to an aromatic ring is 1. The molecule has 3 aromatic carbocycles. The van der Waals surface area contributed by atoms with Crippen LogP contribution in [0.25, 0.3) is 22.4 Å². The lowest BCUT2D eigenvalue weighted by atomic mass is 10.2. The summed E-state index contributed by atoms with van der Waals surface area (Å²) in [6, 6.07) is 17.2. The van der Waals surface area contributed by atoms with Gasteiger partial charge in [-0.25, -0.2) is 13.8 Å². The quantitative estimate of drug-likeness (QED) is 0.525. The Bertz CT molecular complexity index is 1040. The molecule has 26 heavy (non-hydrogen) atoms. The van der Waals surface area contributed by atoms with Crippen molar-refractivity contribution in [3.8, 4) is 17.1 Å². The van der Waals surface area contributed by atoms with Crippen molar-refractivity contribution >= 4 is 16.7 Å². The van der Waals surface area contributed by atoms with E-state index in [-0.39, 0.29) is 0 Å². The number of benzene rings is 3. The molecule has 0 aliphatic heterocycles. The summed E-state index contributed by atoms with van der Waals surface area (Å²) in [5, 5.41) is 0. The predicted octanol–water partition coefficient (Wildman–Crippen LogP) is 4.67. The third kappa shape index (κ3) is 3.09. The van der Waals surface area contributed by atoms with Crippen LogP contribution in [0.15, 0.2) is 60.7 Å². The molecular weight excluding hydrogens is 336 g/mol. The molecule has 4 rings (SSSR count). The molecule has 0 unspecified atom stereocenters. The fraction of sp³-hybridized carbons (Fsp3) is 0.0500. The van der Waals surface area contributed by atoms with E-state index in [1.165, 1.54) is 0 Å². The Hall–Kier alpha value is -3.41. The van der Waals surface area contributed by atoms with Crippen LogP contribution in [-0.4, -0.2) is 9.97 Å². The van der Waals surface area contributed by atoms with Crippen molar-refractivity contribution in [1.29, 1.82) is 0 Å². The fourth-order valence-corrected chi connectivity index (χ4v) is 2.70. The number of halogens is 2. The number of aromatic nitrogens is 2. The molecule has 0 atom stereocenters. The van der Waals surface area contributed by atoms with Crippen LogP contribution in [0.2, 0.25) is 0 Å². The highest BCUT2D eigenvalue weighted by molar-refractivity contribution is 5.80. The number of nitrogens with zero attached hydrogens (tertiary/aromatic N) is 1. The first-order valence-corrected chi connectivity index (χ1v) is 8.01. The second-order valence-corrected chi connectivity index (χ2v) is 5.90.